The van der Waals surface area contributed by atoms with E-state index in [9.17, 15) is 0 Å². The molecule has 0 spiro atoms. The molecule has 0 amide bonds. The standard InChI is InChI=1S/C38H22.2Y/c1-3-15-27(16-4-1)29-19-7-9-21-31(29)37-33-23-11-13-25-35(33)38(36-26-14-12-24-34(36)37)32-22-10-8-20-30(32)28-17-5-2-6-18-28;;/h1-15,17,21-26H;;/q-4;;. The van der Waals surface area contributed by atoms with Gasteiger partial charge in [-0.3, -0.25) is 0 Å². The third kappa shape index (κ3) is 5.20. The Kier molecular flexibility index (Phi) is 9.24. The van der Waals surface area contributed by atoms with E-state index in [1.165, 1.54) is 32.7 Å². The molecule has 7 aromatic rings. The summed E-state index contributed by atoms with van der Waals surface area (Å²) in [6.45, 7) is 0. The molecule has 0 N–H and O–H groups in total. The summed E-state index contributed by atoms with van der Waals surface area (Å²) in [4.78, 5) is 0. The first kappa shape index (κ1) is 28.8. The zero-order chi connectivity index (χ0) is 25.3. The van der Waals surface area contributed by atoms with Crippen LogP contribution in [0.2, 0.25) is 0 Å². The van der Waals surface area contributed by atoms with Gasteiger partial charge in [0.15, 0.2) is 0 Å². The third-order valence-electron chi connectivity index (χ3n) is 7.14. The van der Waals surface area contributed by atoms with E-state index in [4.69, 9.17) is 0 Å². The van der Waals surface area contributed by atoms with Crippen molar-refractivity contribution < 1.29 is 65.4 Å². The van der Waals surface area contributed by atoms with Crippen molar-refractivity contribution in [3.8, 4) is 44.5 Å². The Morgan fingerprint density at radius 1 is 0.325 bits per heavy atom. The Morgan fingerprint density at radius 2 is 0.675 bits per heavy atom. The summed E-state index contributed by atoms with van der Waals surface area (Å²) in [5.74, 6) is 0. The minimum atomic E-state index is 0. The van der Waals surface area contributed by atoms with Gasteiger partial charge in [0.25, 0.3) is 0 Å². The zero-order valence-electron chi connectivity index (χ0n) is 21.9. The Balaban J connectivity index is 0.00000161. The molecule has 7 rings (SSSR count). The van der Waals surface area contributed by atoms with E-state index < -0.39 is 0 Å². The summed E-state index contributed by atoms with van der Waals surface area (Å²) in [6, 6.07) is 60.2. The molecule has 0 aliphatic heterocycles. The first-order valence-electron chi connectivity index (χ1n) is 12.8. The van der Waals surface area contributed by atoms with Gasteiger partial charge in [-0.2, -0.15) is 72.8 Å². The summed E-state index contributed by atoms with van der Waals surface area (Å²) >= 11 is 0. The van der Waals surface area contributed by atoms with Crippen LogP contribution in [0.25, 0.3) is 66.1 Å². The van der Waals surface area contributed by atoms with Crippen molar-refractivity contribution in [2.75, 3.05) is 0 Å². The molecular formula is C38H22Y2-4. The van der Waals surface area contributed by atoms with Crippen LogP contribution in [0.15, 0.2) is 133 Å². The van der Waals surface area contributed by atoms with Crippen molar-refractivity contribution in [2.24, 2.45) is 0 Å². The monoisotopic (exact) mass is 656 g/mol. The first-order valence-corrected chi connectivity index (χ1v) is 12.8. The second-order valence-electron chi connectivity index (χ2n) is 9.31. The average Bonchev–Trinajstić information content (AvgIpc) is 3.01. The smallest absolute Gasteiger partial charge is 0 e. The fraction of sp³-hybridized carbons (Fsp3) is 0. The minimum absolute atomic E-state index is 0. The van der Waals surface area contributed by atoms with Gasteiger partial charge < -0.3 is 0 Å². The maximum absolute atomic E-state index is 3.52. The molecule has 0 atom stereocenters. The molecule has 0 fully saturated rings. The molecule has 40 heavy (non-hydrogen) atoms. The summed E-state index contributed by atoms with van der Waals surface area (Å²) in [7, 11) is 0. The van der Waals surface area contributed by atoms with Gasteiger partial charge in [0.2, 0.25) is 0 Å². The molecule has 0 nitrogen and oxygen atoms in total. The summed E-state index contributed by atoms with van der Waals surface area (Å²) in [5, 5.41) is 4.85. The van der Waals surface area contributed by atoms with Crippen LogP contribution in [0.1, 0.15) is 0 Å². The molecule has 184 valence electrons. The normalized spacial score (nSPS) is 10.6. The molecule has 0 aliphatic carbocycles. The van der Waals surface area contributed by atoms with Crippen molar-refractivity contribution in [3.63, 3.8) is 0 Å². The fourth-order valence-electron chi connectivity index (χ4n) is 5.54. The summed E-state index contributed by atoms with van der Waals surface area (Å²) in [5.41, 5.74) is 8.95. The predicted octanol–water partition coefficient (Wildman–Crippen LogP) is 9.86. The van der Waals surface area contributed by atoms with E-state index in [1.807, 2.05) is 36.4 Å². The fourth-order valence-corrected chi connectivity index (χ4v) is 5.54. The van der Waals surface area contributed by atoms with Crippen LogP contribution in [0.5, 0.6) is 0 Å². The van der Waals surface area contributed by atoms with Crippen molar-refractivity contribution >= 4 is 21.5 Å². The van der Waals surface area contributed by atoms with Gasteiger partial charge in [0.1, 0.15) is 0 Å². The molecule has 0 heterocycles. The Hall–Kier alpha value is -2.73. The maximum Gasteiger partial charge on any atom is 0 e. The van der Waals surface area contributed by atoms with Gasteiger partial charge in [-0.05, 0) is 21.5 Å². The van der Waals surface area contributed by atoms with E-state index in [0.29, 0.717) is 0 Å². The molecule has 0 bridgehead atoms. The number of benzene rings is 7. The average molecular weight is 656 g/mol. The van der Waals surface area contributed by atoms with Crippen molar-refractivity contribution in [3.05, 3.63) is 158 Å². The molecule has 0 aromatic heterocycles. The van der Waals surface area contributed by atoms with Crippen molar-refractivity contribution in [1.82, 2.24) is 0 Å². The zero-order valence-corrected chi connectivity index (χ0v) is 27.5. The predicted molar refractivity (Wildman–Crippen MR) is 159 cm³/mol. The topological polar surface area (TPSA) is 0 Å². The minimum Gasteiger partial charge on any atom is -0.226 e. The second kappa shape index (κ2) is 12.8. The quantitative estimate of drug-likeness (QED) is 0.131. The van der Waals surface area contributed by atoms with Gasteiger partial charge in [-0.15, -0.1) is 47.5 Å². The van der Waals surface area contributed by atoms with Gasteiger partial charge in [0, 0.05) is 65.4 Å². The van der Waals surface area contributed by atoms with Gasteiger partial charge in [-0.25, -0.2) is 22.3 Å². The Labute approximate surface area is 286 Å². The van der Waals surface area contributed by atoms with Gasteiger partial charge in [0.05, 0.1) is 0 Å². The Morgan fingerprint density at radius 3 is 1.02 bits per heavy atom. The number of fused-ring (bicyclic) bond motifs is 2. The van der Waals surface area contributed by atoms with E-state index in [1.54, 1.807) is 0 Å². The summed E-state index contributed by atoms with van der Waals surface area (Å²) in [6.07, 6.45) is 0. The van der Waals surface area contributed by atoms with Crippen LogP contribution >= 0.6 is 0 Å². The molecule has 0 aliphatic rings. The number of hydrogen-bond donors (Lipinski definition) is 0. The van der Waals surface area contributed by atoms with Crippen LogP contribution in [0.3, 0.4) is 0 Å². The molecule has 0 saturated carbocycles. The van der Waals surface area contributed by atoms with Crippen LogP contribution in [0, 0.1) is 24.3 Å². The molecule has 2 radical (unpaired) electrons. The maximum atomic E-state index is 3.52. The molecule has 2 heteroatoms. The largest absolute Gasteiger partial charge is 0.226 e. The summed E-state index contributed by atoms with van der Waals surface area (Å²) < 4.78 is 0. The molecule has 7 aromatic carbocycles. The Bertz CT molecular complexity index is 1710. The van der Waals surface area contributed by atoms with E-state index in [0.717, 1.165) is 33.4 Å². The first-order chi connectivity index (χ1) is 18.9. The molecular weight excluding hydrogens is 634 g/mol. The third-order valence-corrected chi connectivity index (χ3v) is 7.14. The van der Waals surface area contributed by atoms with Gasteiger partial charge >= 0.3 is 0 Å². The van der Waals surface area contributed by atoms with Crippen molar-refractivity contribution in [1.29, 1.82) is 0 Å². The number of rotatable bonds is 4. The number of hydrogen-bond acceptors (Lipinski definition) is 0. The van der Waals surface area contributed by atoms with Crippen LogP contribution in [-0.4, -0.2) is 0 Å². The second-order valence-corrected chi connectivity index (χ2v) is 9.31. The SMILES string of the molecule is [Y].[Y].[c-]1ccccc1-c1[c-]cccc1-c1c2ccccc2c(-c2ccc[c-]c2-c2[c-]cccc2)c2ccccc12. The van der Waals surface area contributed by atoms with E-state index in [-0.39, 0.29) is 65.4 Å². The van der Waals surface area contributed by atoms with Gasteiger partial charge in [-0.1, -0.05) is 59.7 Å². The van der Waals surface area contributed by atoms with Crippen LogP contribution in [0.4, 0.5) is 0 Å². The molecule has 0 saturated heterocycles. The van der Waals surface area contributed by atoms with Crippen LogP contribution < -0.4 is 0 Å². The van der Waals surface area contributed by atoms with E-state index in [2.05, 4.69) is 121 Å². The van der Waals surface area contributed by atoms with E-state index >= 15 is 0 Å². The molecule has 0 unspecified atom stereocenters. The van der Waals surface area contributed by atoms with Crippen LogP contribution in [-0.2, 0) is 65.4 Å². The van der Waals surface area contributed by atoms with Crippen molar-refractivity contribution in [2.45, 2.75) is 0 Å².